The van der Waals surface area contributed by atoms with Gasteiger partial charge in [0.1, 0.15) is 0 Å². The van der Waals surface area contributed by atoms with Crippen molar-refractivity contribution in [1.29, 1.82) is 0 Å². The van der Waals surface area contributed by atoms with Crippen LogP contribution in [0.25, 0.3) is 0 Å². The summed E-state index contributed by atoms with van der Waals surface area (Å²) in [6.07, 6.45) is 4.80. The van der Waals surface area contributed by atoms with Gasteiger partial charge in [-0.2, -0.15) is 0 Å². The monoisotopic (exact) mass is 202 g/mol. The van der Waals surface area contributed by atoms with Gasteiger partial charge in [-0.3, -0.25) is 9.59 Å². The molecule has 0 saturated heterocycles. The number of unbranched alkanes of at least 4 members (excludes halogenated alkanes) is 4. The van der Waals surface area contributed by atoms with E-state index in [1.165, 1.54) is 6.92 Å². The number of aliphatic hydroxyl groups excluding tert-OH is 1. The van der Waals surface area contributed by atoms with Gasteiger partial charge in [-0.1, -0.05) is 19.3 Å². The third-order valence-electron chi connectivity index (χ3n) is 1.80. The van der Waals surface area contributed by atoms with Crippen molar-refractivity contribution in [1.82, 2.24) is 0 Å². The molecular weight excluding hydrogens is 184 g/mol. The summed E-state index contributed by atoms with van der Waals surface area (Å²) in [5, 5.41) is 8.50. The van der Waals surface area contributed by atoms with Crippen LogP contribution in [0.1, 0.15) is 45.4 Å². The molecule has 0 aliphatic rings. The van der Waals surface area contributed by atoms with Crippen LogP contribution in [0, 0.1) is 0 Å². The van der Waals surface area contributed by atoms with Gasteiger partial charge in [0.2, 0.25) is 0 Å². The van der Waals surface area contributed by atoms with Crippen molar-refractivity contribution < 1.29 is 19.4 Å². The van der Waals surface area contributed by atoms with E-state index in [1.807, 2.05) is 0 Å². The highest BCUT2D eigenvalue weighted by Crippen LogP contribution is 2.05. The molecule has 14 heavy (non-hydrogen) atoms. The smallest absolute Gasteiger partial charge is 0.313 e. The molecule has 0 radical (unpaired) electrons. The third-order valence-corrected chi connectivity index (χ3v) is 1.80. The van der Waals surface area contributed by atoms with Crippen LogP contribution in [-0.4, -0.2) is 23.7 Å². The average molecular weight is 202 g/mol. The van der Waals surface area contributed by atoms with E-state index in [-0.39, 0.29) is 6.61 Å². The SMILES string of the molecule is CC(=O)OC(=O)CCCCCCCO. The molecule has 0 aliphatic carbocycles. The van der Waals surface area contributed by atoms with E-state index >= 15 is 0 Å². The van der Waals surface area contributed by atoms with E-state index in [9.17, 15) is 9.59 Å². The fourth-order valence-electron chi connectivity index (χ4n) is 1.12. The highest BCUT2D eigenvalue weighted by atomic mass is 16.6. The zero-order chi connectivity index (χ0) is 10.8. The Morgan fingerprint density at radius 1 is 1.07 bits per heavy atom. The molecule has 4 heteroatoms. The minimum atomic E-state index is -0.546. The summed E-state index contributed by atoms with van der Waals surface area (Å²) in [4.78, 5) is 21.2. The third kappa shape index (κ3) is 9.19. The van der Waals surface area contributed by atoms with Crippen molar-refractivity contribution in [3.05, 3.63) is 0 Å². The Balaban J connectivity index is 3.19. The topological polar surface area (TPSA) is 63.6 Å². The van der Waals surface area contributed by atoms with E-state index in [0.717, 1.165) is 32.1 Å². The lowest BCUT2D eigenvalue weighted by Gasteiger charge is -2.00. The Labute approximate surface area is 84.3 Å². The van der Waals surface area contributed by atoms with Crippen LogP contribution in [0.3, 0.4) is 0 Å². The number of aliphatic hydroxyl groups is 1. The molecule has 0 fully saturated rings. The maximum Gasteiger partial charge on any atom is 0.313 e. The molecule has 0 saturated carbocycles. The van der Waals surface area contributed by atoms with Crippen LogP contribution in [-0.2, 0) is 14.3 Å². The highest BCUT2D eigenvalue weighted by Gasteiger charge is 2.04. The summed E-state index contributed by atoms with van der Waals surface area (Å²) < 4.78 is 4.36. The van der Waals surface area contributed by atoms with Crippen molar-refractivity contribution in [2.45, 2.75) is 45.4 Å². The maximum atomic E-state index is 10.9. The number of hydrogen-bond donors (Lipinski definition) is 1. The lowest BCUT2D eigenvalue weighted by atomic mass is 10.1. The second-order valence-corrected chi connectivity index (χ2v) is 3.21. The van der Waals surface area contributed by atoms with Gasteiger partial charge in [0.05, 0.1) is 0 Å². The molecule has 0 amide bonds. The second kappa shape index (κ2) is 8.69. The largest absolute Gasteiger partial charge is 0.396 e. The van der Waals surface area contributed by atoms with Gasteiger partial charge in [0, 0.05) is 20.0 Å². The molecule has 0 aromatic rings. The summed E-state index contributed by atoms with van der Waals surface area (Å²) in [5.41, 5.74) is 0. The Hall–Kier alpha value is -0.900. The molecule has 82 valence electrons. The number of carbonyl (C=O) groups is 2. The molecule has 0 rings (SSSR count). The van der Waals surface area contributed by atoms with Crippen LogP contribution in [0.2, 0.25) is 0 Å². The summed E-state index contributed by atoms with van der Waals surface area (Å²) in [6, 6.07) is 0. The molecule has 0 spiro atoms. The van der Waals surface area contributed by atoms with Crippen molar-refractivity contribution in [3.63, 3.8) is 0 Å². The van der Waals surface area contributed by atoms with Crippen molar-refractivity contribution in [2.75, 3.05) is 6.61 Å². The van der Waals surface area contributed by atoms with Gasteiger partial charge in [0.25, 0.3) is 0 Å². The fourth-order valence-corrected chi connectivity index (χ4v) is 1.12. The van der Waals surface area contributed by atoms with Crippen molar-refractivity contribution >= 4 is 11.9 Å². The minimum absolute atomic E-state index is 0.229. The van der Waals surface area contributed by atoms with Crippen LogP contribution < -0.4 is 0 Å². The van der Waals surface area contributed by atoms with Crippen LogP contribution in [0.15, 0.2) is 0 Å². The lowest BCUT2D eigenvalue weighted by Crippen LogP contribution is -2.08. The van der Waals surface area contributed by atoms with E-state index < -0.39 is 11.9 Å². The summed E-state index contributed by atoms with van der Waals surface area (Å²) >= 11 is 0. The number of ether oxygens (including phenoxy) is 1. The van der Waals surface area contributed by atoms with Crippen LogP contribution in [0.4, 0.5) is 0 Å². The number of carbonyl (C=O) groups excluding carboxylic acids is 2. The minimum Gasteiger partial charge on any atom is -0.396 e. The zero-order valence-electron chi connectivity index (χ0n) is 8.62. The second-order valence-electron chi connectivity index (χ2n) is 3.21. The van der Waals surface area contributed by atoms with Gasteiger partial charge in [-0.15, -0.1) is 0 Å². The first-order chi connectivity index (χ1) is 6.66. The van der Waals surface area contributed by atoms with Crippen LogP contribution >= 0.6 is 0 Å². The number of hydrogen-bond acceptors (Lipinski definition) is 4. The zero-order valence-corrected chi connectivity index (χ0v) is 8.62. The quantitative estimate of drug-likeness (QED) is 0.385. The predicted molar refractivity (Wildman–Crippen MR) is 51.6 cm³/mol. The fraction of sp³-hybridized carbons (Fsp3) is 0.800. The molecular formula is C10H18O4. The van der Waals surface area contributed by atoms with Gasteiger partial charge >= 0.3 is 11.9 Å². The molecule has 0 heterocycles. The van der Waals surface area contributed by atoms with E-state index in [0.29, 0.717) is 6.42 Å². The Bertz CT molecular complexity index is 177. The molecule has 0 atom stereocenters. The van der Waals surface area contributed by atoms with Crippen LogP contribution in [0.5, 0.6) is 0 Å². The Kier molecular flexibility index (Phi) is 8.13. The molecule has 0 unspecified atom stereocenters. The Morgan fingerprint density at radius 3 is 2.21 bits per heavy atom. The van der Waals surface area contributed by atoms with E-state index in [1.54, 1.807) is 0 Å². The number of rotatable bonds is 7. The van der Waals surface area contributed by atoms with Gasteiger partial charge in [0.15, 0.2) is 0 Å². The summed E-state index contributed by atoms with van der Waals surface area (Å²) in [5.74, 6) is -0.991. The van der Waals surface area contributed by atoms with E-state index in [4.69, 9.17) is 5.11 Å². The summed E-state index contributed by atoms with van der Waals surface area (Å²) in [7, 11) is 0. The lowest BCUT2D eigenvalue weighted by molar-refractivity contribution is -0.158. The summed E-state index contributed by atoms with van der Waals surface area (Å²) in [6.45, 7) is 1.45. The molecule has 4 nitrogen and oxygen atoms in total. The predicted octanol–water partition coefficient (Wildman–Crippen LogP) is 1.41. The maximum absolute atomic E-state index is 10.9. The standard InChI is InChI=1S/C10H18O4/c1-9(12)14-10(13)7-5-3-2-4-6-8-11/h11H,2-8H2,1H3. The van der Waals surface area contributed by atoms with Gasteiger partial charge < -0.3 is 9.84 Å². The van der Waals surface area contributed by atoms with Gasteiger partial charge in [-0.05, 0) is 12.8 Å². The van der Waals surface area contributed by atoms with Crippen molar-refractivity contribution in [3.8, 4) is 0 Å². The first-order valence-electron chi connectivity index (χ1n) is 4.99. The molecule has 0 aliphatic heterocycles. The number of esters is 2. The molecule has 0 aromatic carbocycles. The van der Waals surface area contributed by atoms with E-state index in [2.05, 4.69) is 4.74 Å². The highest BCUT2D eigenvalue weighted by molar-refractivity contribution is 5.83. The van der Waals surface area contributed by atoms with Crippen molar-refractivity contribution in [2.24, 2.45) is 0 Å². The van der Waals surface area contributed by atoms with Gasteiger partial charge in [-0.25, -0.2) is 0 Å². The molecule has 0 bridgehead atoms. The Morgan fingerprint density at radius 2 is 1.64 bits per heavy atom. The first-order valence-corrected chi connectivity index (χ1v) is 4.99. The normalized spacial score (nSPS) is 9.86. The molecule has 0 aromatic heterocycles. The molecule has 1 N–H and O–H groups in total. The average Bonchev–Trinajstić information content (AvgIpc) is 2.10. The first kappa shape index (κ1) is 13.1.